The number of hydrogen-bond acceptors (Lipinski definition) is 4. The van der Waals surface area contributed by atoms with Crippen LogP contribution in [0.15, 0.2) is 24.3 Å². The van der Waals surface area contributed by atoms with Crippen molar-refractivity contribution in [3.63, 3.8) is 0 Å². The zero-order valence-electron chi connectivity index (χ0n) is 28.5. The Kier molecular flexibility index (Phi) is 13.4. The molecule has 2 aromatic heterocycles. The second-order valence-corrected chi connectivity index (χ2v) is 17.8. The van der Waals surface area contributed by atoms with Crippen molar-refractivity contribution in [2.45, 2.75) is 0 Å². The smallest absolute Gasteiger partial charge is 0.381 e. The van der Waals surface area contributed by atoms with Gasteiger partial charge < -0.3 is 9.47 Å². The molecule has 0 aliphatic heterocycles. The van der Waals surface area contributed by atoms with E-state index in [1.165, 1.54) is 5.77 Å². The van der Waals surface area contributed by atoms with E-state index in [0.29, 0.717) is 0 Å². The molecule has 0 spiro atoms. The van der Waals surface area contributed by atoms with Gasteiger partial charge in [0.1, 0.15) is 52.7 Å². The first-order chi connectivity index (χ1) is 28.0. The van der Waals surface area contributed by atoms with E-state index >= 15 is 35.1 Å². The Labute approximate surface area is 338 Å². The molecular weight excluding hydrogens is 1020 g/mol. The van der Waals surface area contributed by atoms with Crippen LogP contribution in [-0.2, 0) is 0 Å². The number of ether oxygens (including phenoxy) is 2. The summed E-state index contributed by atoms with van der Waals surface area (Å²) in [5.41, 5.74) is -14.3. The predicted molar refractivity (Wildman–Crippen MR) is 168 cm³/mol. The van der Waals surface area contributed by atoms with E-state index in [1.54, 1.807) is 36.9 Å². The summed E-state index contributed by atoms with van der Waals surface area (Å²) < 4.78 is 307. The lowest BCUT2D eigenvalue weighted by atomic mass is 9.12. The summed E-state index contributed by atoms with van der Waals surface area (Å²) in [7, 11) is 3.42. The lowest BCUT2D eigenvalue weighted by molar-refractivity contribution is -0.585. The summed E-state index contributed by atoms with van der Waals surface area (Å²) in [4.78, 5) is 0. The topological polar surface area (TPSA) is 18.5 Å². The Balaban J connectivity index is 0.000000379. The molecule has 0 bridgehead atoms. The summed E-state index contributed by atoms with van der Waals surface area (Å²) >= 11 is 3.41. The average Bonchev–Trinajstić information content (AvgIpc) is 3.90. The van der Waals surface area contributed by atoms with Gasteiger partial charge in [-0.25, -0.2) is 87.8 Å². The molecule has 0 saturated heterocycles. The lowest BCUT2D eigenvalue weighted by Gasteiger charge is -2.44. The fourth-order valence-electron chi connectivity index (χ4n) is 5.88. The number of rotatable bonds is 8. The molecule has 4 aromatic carbocycles. The molecule has 6 aromatic rings. The van der Waals surface area contributed by atoms with Crippen LogP contribution in [0.3, 0.4) is 0 Å². The molecule has 0 radical (unpaired) electrons. The standard InChI is InChI=1S/C24BF20.C10H10IO2S2/c26-5-1(6(27)14(35)21(42)13(5)34)25(2-7(28)15(36)22(43)16(37)8(2)29,3-9(30)17(38)23(44)18(39)10(3)31)4-11(32)19(40)24(45)20(41)12(4)33;1-12-9-5-3-7(14-9)11-8-4-6-10(13-2)15-8/h;3-6H,1-2H3/q-1;+1. The van der Waals surface area contributed by atoms with Crippen molar-refractivity contribution in [2.24, 2.45) is 0 Å². The third-order valence-corrected chi connectivity index (χ3v) is 14.2. The molecule has 26 heteroatoms. The molecule has 2 heterocycles. The zero-order valence-corrected chi connectivity index (χ0v) is 32.2. The molecule has 0 fully saturated rings. The first-order valence-electron chi connectivity index (χ1n) is 15.2. The SMILES string of the molecule is COc1ccc([I+]c2ccc(OC)s2)s1.Fc1c(F)c(F)c([B-](c2c(F)c(F)c(F)c(F)c2F)(c2c(F)c(F)c(F)c(F)c2F)c2c(F)c(F)c(F)c(F)c2F)c(F)c1F. The molecule has 0 saturated carbocycles. The maximum absolute atomic E-state index is 15.4. The second-order valence-electron chi connectivity index (χ2n) is 11.4. The van der Waals surface area contributed by atoms with Crippen molar-refractivity contribution in [2.75, 3.05) is 14.2 Å². The van der Waals surface area contributed by atoms with Crippen LogP contribution in [0.2, 0.25) is 0 Å². The first kappa shape index (κ1) is 46.3. The van der Waals surface area contributed by atoms with Crippen molar-refractivity contribution < 1.29 is 118 Å². The van der Waals surface area contributed by atoms with Crippen LogP contribution in [0.4, 0.5) is 87.8 Å². The zero-order chi connectivity index (χ0) is 45.0. The highest BCUT2D eigenvalue weighted by molar-refractivity contribution is 7.20. The van der Waals surface area contributed by atoms with Gasteiger partial charge in [-0.15, -0.1) is 21.9 Å². The highest BCUT2D eigenvalue weighted by Crippen LogP contribution is 2.31. The van der Waals surface area contributed by atoms with E-state index in [4.69, 9.17) is 9.47 Å². The minimum absolute atomic E-state index is 0.0648. The molecule has 0 N–H and O–H groups in total. The van der Waals surface area contributed by atoms with E-state index < -0.39 is 144 Å². The van der Waals surface area contributed by atoms with Crippen molar-refractivity contribution >= 4 is 50.7 Å². The Morgan fingerprint density at radius 1 is 0.317 bits per heavy atom. The molecule has 0 aliphatic rings. The van der Waals surface area contributed by atoms with Gasteiger partial charge in [-0.1, -0.05) is 22.7 Å². The number of hydrogen-bond donors (Lipinski definition) is 0. The van der Waals surface area contributed by atoms with Gasteiger partial charge in [0.05, 0.1) is 14.2 Å². The summed E-state index contributed by atoms with van der Waals surface area (Å²) in [5.74, 6) is -71.4. The summed E-state index contributed by atoms with van der Waals surface area (Å²) in [6.07, 6.45) is -7.22. The summed E-state index contributed by atoms with van der Waals surface area (Å²) in [6, 6.07) is 8.38. The third-order valence-electron chi connectivity index (χ3n) is 8.39. The molecule has 6 rings (SSSR count). The Morgan fingerprint density at radius 2 is 0.500 bits per heavy atom. The van der Waals surface area contributed by atoms with Gasteiger partial charge in [0.2, 0.25) is 0 Å². The van der Waals surface area contributed by atoms with Gasteiger partial charge in [-0.3, -0.25) is 0 Å². The number of benzene rings is 4. The molecule has 0 unspecified atom stereocenters. The van der Waals surface area contributed by atoms with Gasteiger partial charge in [-0.2, -0.15) is 0 Å². The Morgan fingerprint density at radius 3 is 0.667 bits per heavy atom. The highest BCUT2D eigenvalue weighted by atomic mass is 127. The Bertz CT molecular complexity index is 2260. The highest BCUT2D eigenvalue weighted by Gasteiger charge is 2.52. The van der Waals surface area contributed by atoms with E-state index in [0.717, 1.165) is 10.1 Å². The summed E-state index contributed by atoms with van der Waals surface area (Å²) in [6.45, 7) is 0. The lowest BCUT2D eigenvalue weighted by Crippen LogP contribution is -3.61. The van der Waals surface area contributed by atoms with E-state index in [9.17, 15) is 52.7 Å². The Hall–Kier alpha value is -4.73. The molecule has 0 amide bonds. The van der Waals surface area contributed by atoms with E-state index in [1.807, 2.05) is 12.1 Å². The fraction of sp³-hybridized carbons (Fsp3) is 0.0588. The van der Waals surface area contributed by atoms with Crippen molar-refractivity contribution in [3.05, 3.63) is 146 Å². The van der Waals surface area contributed by atoms with Gasteiger partial charge >= 0.3 is 21.2 Å². The van der Waals surface area contributed by atoms with Gasteiger partial charge in [0.25, 0.3) is 5.77 Å². The number of methoxy groups -OCH3 is 2. The fourth-order valence-corrected chi connectivity index (χ4v) is 11.7. The third kappa shape index (κ3) is 7.29. The monoisotopic (exact) mass is 1030 g/mol. The predicted octanol–water partition coefficient (Wildman–Crippen LogP) is 5.80. The average molecular weight is 1030 g/mol. The van der Waals surface area contributed by atoms with Crippen LogP contribution in [0.25, 0.3) is 0 Å². The van der Waals surface area contributed by atoms with Gasteiger partial charge in [0, 0.05) is 12.1 Å². The molecule has 0 aliphatic carbocycles. The first-order valence-corrected chi connectivity index (χ1v) is 19.0. The van der Waals surface area contributed by atoms with E-state index in [-0.39, 0.29) is 21.2 Å². The molecule has 0 atom stereocenters. The normalized spacial score (nSPS) is 11.6. The largest absolute Gasteiger partial charge is 0.487 e. The van der Waals surface area contributed by atoms with Gasteiger partial charge in [-0.05, 0) is 12.1 Å². The van der Waals surface area contributed by atoms with Crippen LogP contribution < -0.4 is 52.5 Å². The maximum atomic E-state index is 15.4. The number of thiophene rings is 2. The summed E-state index contributed by atoms with van der Waals surface area (Å²) in [5, 5.41) is 1.99. The minimum atomic E-state index is -7.22. The van der Waals surface area contributed by atoms with Gasteiger partial charge in [0.15, 0.2) is 79.9 Å². The quantitative estimate of drug-likeness (QED) is 0.0632. The van der Waals surface area contributed by atoms with Crippen LogP contribution >= 0.6 is 22.7 Å². The molecule has 60 heavy (non-hydrogen) atoms. The van der Waals surface area contributed by atoms with Crippen LogP contribution in [0.1, 0.15) is 0 Å². The second kappa shape index (κ2) is 17.3. The maximum Gasteiger partial charge on any atom is 0.381 e. The van der Waals surface area contributed by atoms with E-state index in [2.05, 4.69) is 12.1 Å². The number of halogens is 21. The van der Waals surface area contributed by atoms with Crippen molar-refractivity contribution in [1.29, 1.82) is 0 Å². The molecule has 320 valence electrons. The molecular formula is C34H10BF20IO2S2. The van der Waals surface area contributed by atoms with Crippen LogP contribution in [0, 0.1) is 122 Å². The van der Waals surface area contributed by atoms with Crippen molar-refractivity contribution in [1.82, 2.24) is 0 Å². The van der Waals surface area contributed by atoms with Crippen molar-refractivity contribution in [3.8, 4) is 10.1 Å². The van der Waals surface area contributed by atoms with Crippen LogP contribution in [-0.4, -0.2) is 20.4 Å². The van der Waals surface area contributed by atoms with Crippen LogP contribution in [0.5, 0.6) is 10.1 Å². The molecule has 2 nitrogen and oxygen atoms in total. The minimum Gasteiger partial charge on any atom is -0.487 e.